The molecule has 1 aromatic heterocycles. The maximum Gasteiger partial charge on any atom is 0.255 e. The van der Waals surface area contributed by atoms with Crippen molar-refractivity contribution in [1.29, 1.82) is 0 Å². The van der Waals surface area contributed by atoms with Crippen LogP contribution in [0.2, 0.25) is 0 Å². The van der Waals surface area contributed by atoms with Crippen LogP contribution in [0, 0.1) is 0 Å². The van der Waals surface area contributed by atoms with E-state index in [1.54, 1.807) is 30.5 Å². The van der Waals surface area contributed by atoms with Crippen LogP contribution in [0.1, 0.15) is 42.6 Å². The molecule has 2 N–H and O–H groups in total. The van der Waals surface area contributed by atoms with Crippen molar-refractivity contribution in [2.45, 2.75) is 33.1 Å². The van der Waals surface area contributed by atoms with Crippen molar-refractivity contribution in [1.82, 2.24) is 4.98 Å². The number of unbranched alkanes of at least 4 members (excludes halogenated alkanes) is 1. The maximum atomic E-state index is 12.5. The van der Waals surface area contributed by atoms with Crippen molar-refractivity contribution in [3.63, 3.8) is 0 Å². The van der Waals surface area contributed by atoms with Crippen LogP contribution in [0.5, 0.6) is 0 Å². The number of pyridine rings is 1. The highest BCUT2D eigenvalue weighted by atomic mass is 16.2. The molecule has 0 fully saturated rings. The fraction of sp³-hybridized carbons (Fsp3) is 0.208. The van der Waals surface area contributed by atoms with Crippen LogP contribution in [-0.2, 0) is 11.2 Å². The van der Waals surface area contributed by atoms with E-state index in [9.17, 15) is 9.59 Å². The molecule has 0 saturated heterocycles. The molecule has 0 bridgehead atoms. The standard InChI is InChI=1S/C24H25N3O2/c1-3-4-6-18-8-14-21(15-9-18)27-24(29)20-12-10-19(11-13-20)23-22(26-17(2)28)7-5-16-25-23/h5,7-16H,3-4,6H2,1-2H3,(H,26,28)(H,27,29). The average Bonchev–Trinajstić information content (AvgIpc) is 2.73. The number of nitrogens with zero attached hydrogens (tertiary/aromatic N) is 1. The minimum Gasteiger partial charge on any atom is -0.324 e. The normalized spacial score (nSPS) is 10.4. The van der Waals surface area contributed by atoms with Crippen molar-refractivity contribution < 1.29 is 9.59 Å². The Hall–Kier alpha value is -3.47. The highest BCUT2D eigenvalue weighted by Gasteiger charge is 2.10. The summed E-state index contributed by atoms with van der Waals surface area (Å²) in [5.74, 6) is -0.322. The van der Waals surface area contributed by atoms with E-state index in [4.69, 9.17) is 0 Å². The number of hydrogen-bond donors (Lipinski definition) is 2. The third-order valence-electron chi connectivity index (χ3n) is 4.57. The molecule has 0 unspecified atom stereocenters. The fourth-order valence-corrected chi connectivity index (χ4v) is 3.04. The smallest absolute Gasteiger partial charge is 0.255 e. The number of aromatic nitrogens is 1. The van der Waals surface area contributed by atoms with E-state index in [0.29, 0.717) is 16.9 Å². The van der Waals surface area contributed by atoms with Crippen LogP contribution in [0.25, 0.3) is 11.3 Å². The Labute approximate surface area is 171 Å². The zero-order chi connectivity index (χ0) is 20.6. The Kier molecular flexibility index (Phi) is 6.74. The number of nitrogens with one attached hydrogen (secondary N) is 2. The number of aryl methyl sites for hydroxylation is 1. The van der Waals surface area contributed by atoms with E-state index in [1.165, 1.54) is 18.9 Å². The van der Waals surface area contributed by atoms with Gasteiger partial charge >= 0.3 is 0 Å². The van der Waals surface area contributed by atoms with Crippen LogP contribution in [-0.4, -0.2) is 16.8 Å². The second-order valence-electron chi connectivity index (χ2n) is 6.91. The van der Waals surface area contributed by atoms with Crippen molar-refractivity contribution in [2.24, 2.45) is 0 Å². The Balaban J connectivity index is 1.70. The minimum absolute atomic E-state index is 0.157. The van der Waals surface area contributed by atoms with Gasteiger partial charge in [-0.3, -0.25) is 14.6 Å². The second kappa shape index (κ2) is 9.64. The number of hydrogen-bond acceptors (Lipinski definition) is 3. The zero-order valence-corrected chi connectivity index (χ0v) is 16.7. The van der Waals surface area contributed by atoms with Crippen molar-refractivity contribution in [2.75, 3.05) is 10.6 Å². The molecule has 0 aliphatic rings. The lowest BCUT2D eigenvalue weighted by Crippen LogP contribution is -2.11. The van der Waals surface area contributed by atoms with Gasteiger partial charge in [0.15, 0.2) is 0 Å². The molecule has 0 saturated carbocycles. The molecule has 29 heavy (non-hydrogen) atoms. The molecule has 3 aromatic rings. The number of amides is 2. The van der Waals surface area contributed by atoms with E-state index >= 15 is 0 Å². The quantitative estimate of drug-likeness (QED) is 0.578. The topological polar surface area (TPSA) is 71.1 Å². The zero-order valence-electron chi connectivity index (χ0n) is 16.7. The van der Waals surface area contributed by atoms with Crippen molar-refractivity contribution in [3.8, 4) is 11.3 Å². The first kappa shape index (κ1) is 20.3. The molecule has 3 rings (SSSR count). The average molecular weight is 387 g/mol. The van der Waals surface area contributed by atoms with Gasteiger partial charge in [-0.25, -0.2) is 0 Å². The molecule has 2 amide bonds. The van der Waals surface area contributed by atoms with Gasteiger partial charge in [-0.1, -0.05) is 37.6 Å². The molecule has 1 heterocycles. The summed E-state index contributed by atoms with van der Waals surface area (Å²) >= 11 is 0. The van der Waals surface area contributed by atoms with E-state index in [2.05, 4.69) is 34.7 Å². The first-order chi connectivity index (χ1) is 14.1. The summed E-state index contributed by atoms with van der Waals surface area (Å²) in [6.45, 7) is 3.63. The molecule has 5 nitrogen and oxygen atoms in total. The lowest BCUT2D eigenvalue weighted by molar-refractivity contribution is -0.114. The van der Waals surface area contributed by atoms with Crippen molar-refractivity contribution >= 4 is 23.2 Å². The van der Waals surface area contributed by atoms with Gasteiger partial charge in [-0.15, -0.1) is 0 Å². The summed E-state index contributed by atoms with van der Waals surface area (Å²) in [5.41, 5.74) is 4.74. The molecule has 0 aliphatic heterocycles. The SMILES string of the molecule is CCCCc1ccc(NC(=O)c2ccc(-c3ncccc3NC(C)=O)cc2)cc1. The van der Waals surface area contributed by atoms with Crippen LogP contribution in [0.15, 0.2) is 66.9 Å². The summed E-state index contributed by atoms with van der Waals surface area (Å²) < 4.78 is 0. The molecular weight excluding hydrogens is 362 g/mol. The van der Waals surface area contributed by atoms with Gasteiger partial charge in [-0.2, -0.15) is 0 Å². The first-order valence-electron chi connectivity index (χ1n) is 9.80. The number of carbonyl (C=O) groups is 2. The van der Waals surface area contributed by atoms with Gasteiger partial charge in [0.1, 0.15) is 0 Å². The van der Waals surface area contributed by atoms with Crippen LogP contribution in [0.4, 0.5) is 11.4 Å². The summed E-state index contributed by atoms with van der Waals surface area (Å²) in [6.07, 6.45) is 5.06. The maximum absolute atomic E-state index is 12.5. The predicted octanol–water partition coefficient (Wildman–Crippen LogP) is 5.30. The second-order valence-corrected chi connectivity index (χ2v) is 6.91. The first-order valence-corrected chi connectivity index (χ1v) is 9.80. The fourth-order valence-electron chi connectivity index (χ4n) is 3.04. The lowest BCUT2D eigenvalue weighted by Gasteiger charge is -2.10. The van der Waals surface area contributed by atoms with Gasteiger partial charge in [0.25, 0.3) is 5.91 Å². The van der Waals surface area contributed by atoms with Crippen molar-refractivity contribution in [3.05, 3.63) is 78.0 Å². The molecule has 0 spiro atoms. The summed E-state index contributed by atoms with van der Waals surface area (Å²) in [5, 5.41) is 5.71. The van der Waals surface area contributed by atoms with Crippen LogP contribution >= 0.6 is 0 Å². The van der Waals surface area contributed by atoms with E-state index in [0.717, 1.165) is 24.1 Å². The Morgan fingerprint density at radius 3 is 2.31 bits per heavy atom. The van der Waals surface area contributed by atoms with Crippen LogP contribution in [0.3, 0.4) is 0 Å². The van der Waals surface area contributed by atoms with E-state index in [-0.39, 0.29) is 11.8 Å². The van der Waals surface area contributed by atoms with Gasteiger partial charge in [0.05, 0.1) is 11.4 Å². The Morgan fingerprint density at radius 1 is 0.931 bits per heavy atom. The molecule has 2 aromatic carbocycles. The predicted molar refractivity (Wildman–Crippen MR) is 117 cm³/mol. The minimum atomic E-state index is -0.166. The molecule has 0 aliphatic carbocycles. The summed E-state index contributed by atoms with van der Waals surface area (Å²) in [6, 6.07) is 18.7. The van der Waals surface area contributed by atoms with Gasteiger partial charge in [-0.05, 0) is 54.8 Å². The largest absolute Gasteiger partial charge is 0.324 e. The summed E-state index contributed by atoms with van der Waals surface area (Å²) in [4.78, 5) is 28.3. The van der Waals surface area contributed by atoms with Gasteiger partial charge < -0.3 is 10.6 Å². The monoisotopic (exact) mass is 387 g/mol. The van der Waals surface area contributed by atoms with Gasteiger partial charge in [0.2, 0.25) is 5.91 Å². The number of anilines is 2. The molecular formula is C24H25N3O2. The molecule has 5 heteroatoms. The summed E-state index contributed by atoms with van der Waals surface area (Å²) in [7, 11) is 0. The third kappa shape index (κ3) is 5.51. The van der Waals surface area contributed by atoms with Gasteiger partial charge in [0, 0.05) is 29.9 Å². The Morgan fingerprint density at radius 2 is 1.66 bits per heavy atom. The number of benzene rings is 2. The number of carbonyl (C=O) groups excluding carboxylic acids is 2. The third-order valence-corrected chi connectivity index (χ3v) is 4.57. The number of rotatable bonds is 7. The molecule has 0 atom stereocenters. The van der Waals surface area contributed by atoms with E-state index < -0.39 is 0 Å². The Bertz CT molecular complexity index is 980. The molecule has 148 valence electrons. The highest BCUT2D eigenvalue weighted by Crippen LogP contribution is 2.26. The highest BCUT2D eigenvalue weighted by molar-refractivity contribution is 6.04. The van der Waals surface area contributed by atoms with E-state index in [1.807, 2.05) is 24.3 Å². The lowest BCUT2D eigenvalue weighted by atomic mass is 10.1. The molecule has 0 radical (unpaired) electrons. The van der Waals surface area contributed by atoms with Crippen LogP contribution < -0.4 is 10.6 Å².